The van der Waals surface area contributed by atoms with Crippen LogP contribution in [-0.4, -0.2) is 46.9 Å². The van der Waals surface area contributed by atoms with Crippen LogP contribution >= 0.6 is 0 Å². The van der Waals surface area contributed by atoms with Crippen molar-refractivity contribution in [2.75, 3.05) is 7.05 Å². The molecule has 0 aromatic heterocycles. The highest BCUT2D eigenvalue weighted by molar-refractivity contribution is 6.43. The molecule has 0 aliphatic heterocycles. The molecule has 1 aromatic rings. The number of ketones is 2. The SMILES string of the molecule is CNCc1ccc(CC(=O)CC(CC2=CC=CCC(C(=O)O)C2=O)B(O)O)cc1. The molecule has 0 radical (unpaired) electrons. The predicted molar refractivity (Wildman–Crippen MR) is 109 cm³/mol. The van der Waals surface area contributed by atoms with Crippen LogP contribution in [-0.2, 0) is 27.3 Å². The van der Waals surface area contributed by atoms with E-state index in [4.69, 9.17) is 0 Å². The van der Waals surface area contributed by atoms with Gasteiger partial charge in [-0.25, -0.2) is 0 Å². The van der Waals surface area contributed by atoms with Gasteiger partial charge in [0.05, 0.1) is 0 Å². The van der Waals surface area contributed by atoms with E-state index in [1.807, 2.05) is 31.3 Å². The van der Waals surface area contributed by atoms with E-state index in [0.717, 1.165) is 17.7 Å². The first kappa shape index (κ1) is 22.7. The molecule has 0 bridgehead atoms. The normalized spacial score (nSPS) is 17.4. The molecule has 0 fully saturated rings. The number of aliphatic carboxylic acids is 1. The van der Waals surface area contributed by atoms with Crippen molar-refractivity contribution in [1.82, 2.24) is 5.32 Å². The van der Waals surface area contributed by atoms with Gasteiger partial charge in [0.2, 0.25) is 0 Å². The Labute approximate surface area is 170 Å². The number of allylic oxidation sites excluding steroid dienone is 4. The Morgan fingerprint density at radius 1 is 1.21 bits per heavy atom. The molecule has 7 nitrogen and oxygen atoms in total. The lowest BCUT2D eigenvalue weighted by atomic mass is 9.66. The lowest BCUT2D eigenvalue weighted by Gasteiger charge is -2.18. The van der Waals surface area contributed by atoms with E-state index in [9.17, 15) is 29.5 Å². The molecule has 4 N–H and O–H groups in total. The molecule has 154 valence electrons. The average molecular weight is 399 g/mol. The number of benzene rings is 1. The number of carbonyl (C=O) groups is 3. The second-order valence-corrected chi connectivity index (χ2v) is 7.26. The predicted octanol–water partition coefficient (Wildman–Crippen LogP) is 1.30. The maximum absolute atomic E-state index is 12.5. The highest BCUT2D eigenvalue weighted by Gasteiger charge is 2.33. The molecule has 0 amide bonds. The van der Waals surface area contributed by atoms with Crippen molar-refractivity contribution in [2.24, 2.45) is 5.92 Å². The third kappa shape index (κ3) is 6.78. The third-order valence-corrected chi connectivity index (χ3v) is 4.94. The molecule has 2 atom stereocenters. The van der Waals surface area contributed by atoms with Crippen molar-refractivity contribution >= 4 is 24.7 Å². The van der Waals surface area contributed by atoms with E-state index in [0.29, 0.717) is 0 Å². The summed E-state index contributed by atoms with van der Waals surface area (Å²) in [5.41, 5.74) is 2.10. The van der Waals surface area contributed by atoms with Gasteiger partial charge < -0.3 is 20.5 Å². The number of nitrogens with one attached hydrogen (secondary N) is 1. The van der Waals surface area contributed by atoms with Gasteiger partial charge in [0.15, 0.2) is 5.78 Å². The number of carbonyl (C=O) groups excluding carboxylic acids is 2. The number of hydrogen-bond donors (Lipinski definition) is 4. The molecular weight excluding hydrogens is 373 g/mol. The average Bonchev–Trinajstić information content (AvgIpc) is 2.84. The lowest BCUT2D eigenvalue weighted by Crippen LogP contribution is -2.28. The Morgan fingerprint density at radius 3 is 2.45 bits per heavy atom. The molecule has 0 saturated carbocycles. The monoisotopic (exact) mass is 399 g/mol. The summed E-state index contributed by atoms with van der Waals surface area (Å²) in [6.07, 6.45) is 4.71. The van der Waals surface area contributed by atoms with Crippen LogP contribution in [0.4, 0.5) is 0 Å². The summed E-state index contributed by atoms with van der Waals surface area (Å²) in [7, 11) is 0.0573. The summed E-state index contributed by atoms with van der Waals surface area (Å²) in [4.78, 5) is 36.2. The Hall–Kier alpha value is -2.55. The van der Waals surface area contributed by atoms with Crippen LogP contribution < -0.4 is 5.32 Å². The molecule has 1 aromatic carbocycles. The fourth-order valence-electron chi connectivity index (χ4n) is 3.33. The van der Waals surface area contributed by atoms with Crippen molar-refractivity contribution in [3.63, 3.8) is 0 Å². The minimum absolute atomic E-state index is 0.0720. The summed E-state index contributed by atoms with van der Waals surface area (Å²) in [6, 6.07) is 7.55. The zero-order chi connectivity index (χ0) is 21.4. The van der Waals surface area contributed by atoms with Gasteiger partial charge in [0, 0.05) is 25.2 Å². The smallest absolute Gasteiger partial charge is 0.455 e. The van der Waals surface area contributed by atoms with Crippen LogP contribution in [0.15, 0.2) is 48.1 Å². The van der Waals surface area contributed by atoms with Crippen LogP contribution in [0.5, 0.6) is 0 Å². The number of carboxylic acid groups (broad SMARTS) is 1. The van der Waals surface area contributed by atoms with E-state index in [1.165, 1.54) is 6.08 Å². The Balaban J connectivity index is 2.02. The summed E-state index contributed by atoms with van der Waals surface area (Å²) in [5, 5.41) is 31.7. The van der Waals surface area contributed by atoms with Gasteiger partial charge in [0.1, 0.15) is 11.7 Å². The van der Waals surface area contributed by atoms with Crippen LogP contribution in [0.2, 0.25) is 5.82 Å². The van der Waals surface area contributed by atoms with Crippen LogP contribution in [0.25, 0.3) is 0 Å². The van der Waals surface area contributed by atoms with E-state index in [-0.39, 0.29) is 37.0 Å². The third-order valence-electron chi connectivity index (χ3n) is 4.94. The number of rotatable bonds is 10. The highest BCUT2D eigenvalue weighted by Crippen LogP contribution is 2.28. The molecule has 0 spiro atoms. The van der Waals surface area contributed by atoms with Gasteiger partial charge >= 0.3 is 13.1 Å². The Morgan fingerprint density at radius 2 is 1.86 bits per heavy atom. The molecular formula is C21H26BNO6. The lowest BCUT2D eigenvalue weighted by molar-refractivity contribution is -0.145. The number of hydrogen-bond acceptors (Lipinski definition) is 6. The van der Waals surface area contributed by atoms with Gasteiger partial charge in [-0.3, -0.25) is 14.4 Å². The molecule has 8 heteroatoms. The van der Waals surface area contributed by atoms with Crippen molar-refractivity contribution < 1.29 is 29.5 Å². The molecule has 0 heterocycles. The van der Waals surface area contributed by atoms with Crippen molar-refractivity contribution in [3.8, 4) is 0 Å². The van der Waals surface area contributed by atoms with Gasteiger partial charge in [-0.2, -0.15) is 0 Å². The van der Waals surface area contributed by atoms with Crippen LogP contribution in [0.3, 0.4) is 0 Å². The number of Topliss-reactive ketones (excluding diaryl/α,β-unsaturated/α-hetero) is 2. The molecule has 2 unspecified atom stereocenters. The van der Waals surface area contributed by atoms with E-state index < -0.39 is 30.6 Å². The molecule has 2 rings (SSSR count). The second-order valence-electron chi connectivity index (χ2n) is 7.26. The van der Waals surface area contributed by atoms with E-state index >= 15 is 0 Å². The second kappa shape index (κ2) is 10.9. The standard InChI is InChI=1S/C21H26BNO6/c1-23-13-15-8-6-14(7-9-15)10-18(24)12-17(22(28)29)11-16-4-2-3-5-19(20(16)25)21(26)27/h2-4,6-9,17,19,23,28-29H,5,10-13H2,1H3,(H,26,27). The van der Waals surface area contributed by atoms with E-state index in [2.05, 4.69) is 5.32 Å². The first-order valence-electron chi connectivity index (χ1n) is 9.54. The largest absolute Gasteiger partial charge is 0.481 e. The highest BCUT2D eigenvalue weighted by atomic mass is 16.4. The minimum Gasteiger partial charge on any atom is -0.481 e. The van der Waals surface area contributed by atoms with Crippen LogP contribution in [0, 0.1) is 5.92 Å². The quantitative estimate of drug-likeness (QED) is 0.345. The molecule has 1 aliphatic carbocycles. The van der Waals surface area contributed by atoms with Crippen LogP contribution in [0.1, 0.15) is 30.4 Å². The maximum atomic E-state index is 12.5. The summed E-state index contributed by atoms with van der Waals surface area (Å²) < 4.78 is 0. The van der Waals surface area contributed by atoms with Crippen molar-refractivity contribution in [2.45, 2.75) is 38.0 Å². The first-order chi connectivity index (χ1) is 13.8. The Bertz CT molecular complexity index is 800. The first-order valence-corrected chi connectivity index (χ1v) is 9.54. The fourth-order valence-corrected chi connectivity index (χ4v) is 3.33. The zero-order valence-electron chi connectivity index (χ0n) is 16.4. The molecule has 29 heavy (non-hydrogen) atoms. The van der Waals surface area contributed by atoms with Crippen molar-refractivity contribution in [3.05, 3.63) is 59.2 Å². The van der Waals surface area contributed by atoms with Gasteiger partial charge in [-0.15, -0.1) is 0 Å². The van der Waals surface area contributed by atoms with Gasteiger partial charge in [-0.1, -0.05) is 42.5 Å². The number of carboxylic acids is 1. The summed E-state index contributed by atoms with van der Waals surface area (Å²) in [6.45, 7) is 0.724. The Kier molecular flexibility index (Phi) is 8.51. The fraction of sp³-hybridized carbons (Fsp3) is 0.381. The minimum atomic E-state index is -1.79. The van der Waals surface area contributed by atoms with Crippen molar-refractivity contribution in [1.29, 1.82) is 0 Å². The topological polar surface area (TPSA) is 124 Å². The van der Waals surface area contributed by atoms with Gasteiger partial charge in [-0.05, 0) is 36.6 Å². The maximum Gasteiger partial charge on any atom is 0.455 e. The zero-order valence-corrected chi connectivity index (χ0v) is 16.4. The summed E-state index contributed by atoms with van der Waals surface area (Å²) in [5.74, 6) is -4.03. The molecule has 0 saturated heterocycles. The molecule has 1 aliphatic rings. The van der Waals surface area contributed by atoms with E-state index in [1.54, 1.807) is 12.2 Å². The summed E-state index contributed by atoms with van der Waals surface area (Å²) >= 11 is 0. The van der Waals surface area contributed by atoms with Gasteiger partial charge in [0.25, 0.3) is 0 Å².